The summed E-state index contributed by atoms with van der Waals surface area (Å²) in [6.07, 6.45) is 3.83. The second kappa shape index (κ2) is 6.36. The zero-order valence-electron chi connectivity index (χ0n) is 11.4. The summed E-state index contributed by atoms with van der Waals surface area (Å²) in [5.41, 5.74) is 1.29. The SMILES string of the molecule is CSc1ccc(CN(C)Cn2ncn(C)c2=S)cc1. The van der Waals surface area contributed by atoms with Crippen molar-refractivity contribution in [3.05, 3.63) is 40.9 Å². The fourth-order valence-electron chi connectivity index (χ4n) is 1.84. The first-order valence-corrected chi connectivity index (χ1v) is 7.63. The molecule has 2 aromatic rings. The number of benzene rings is 1. The molecule has 0 saturated heterocycles. The highest BCUT2D eigenvalue weighted by Gasteiger charge is 2.04. The minimum Gasteiger partial charge on any atom is -0.310 e. The molecule has 0 spiro atoms. The molecular weight excluding hydrogens is 276 g/mol. The van der Waals surface area contributed by atoms with Gasteiger partial charge < -0.3 is 4.57 Å². The average molecular weight is 294 g/mol. The highest BCUT2D eigenvalue weighted by molar-refractivity contribution is 7.98. The molecule has 1 aromatic heterocycles. The van der Waals surface area contributed by atoms with Crippen LogP contribution in [0.3, 0.4) is 0 Å². The normalized spacial score (nSPS) is 11.2. The van der Waals surface area contributed by atoms with Gasteiger partial charge in [0.2, 0.25) is 0 Å². The number of hydrogen-bond acceptors (Lipinski definition) is 4. The van der Waals surface area contributed by atoms with Crippen LogP contribution in [0.1, 0.15) is 5.56 Å². The first-order chi connectivity index (χ1) is 9.10. The van der Waals surface area contributed by atoms with Crippen molar-refractivity contribution in [1.82, 2.24) is 19.2 Å². The van der Waals surface area contributed by atoms with Gasteiger partial charge in [0.05, 0.1) is 6.67 Å². The summed E-state index contributed by atoms with van der Waals surface area (Å²) in [6, 6.07) is 8.64. The largest absolute Gasteiger partial charge is 0.310 e. The Morgan fingerprint density at radius 3 is 2.53 bits per heavy atom. The van der Waals surface area contributed by atoms with Crippen LogP contribution >= 0.6 is 24.0 Å². The molecule has 1 heterocycles. The van der Waals surface area contributed by atoms with Gasteiger partial charge in [-0.1, -0.05) is 12.1 Å². The van der Waals surface area contributed by atoms with Gasteiger partial charge in [-0.05, 0) is 43.2 Å². The monoisotopic (exact) mass is 294 g/mol. The molecule has 0 N–H and O–H groups in total. The molecule has 0 aliphatic carbocycles. The highest BCUT2D eigenvalue weighted by Crippen LogP contribution is 2.15. The first kappa shape index (κ1) is 14.3. The molecule has 0 radical (unpaired) electrons. The lowest BCUT2D eigenvalue weighted by molar-refractivity contribution is 0.244. The van der Waals surface area contributed by atoms with Crippen LogP contribution in [0.15, 0.2) is 35.5 Å². The topological polar surface area (TPSA) is 26.0 Å². The first-order valence-electron chi connectivity index (χ1n) is 6.00. The standard InChI is InChI=1S/C13H18N4S2/c1-15(10-17-13(18)16(2)9-14-17)8-11-4-6-12(19-3)7-5-11/h4-7,9H,8,10H2,1-3H3. The van der Waals surface area contributed by atoms with Crippen molar-refractivity contribution in [2.24, 2.45) is 7.05 Å². The van der Waals surface area contributed by atoms with Crippen LogP contribution in [0.2, 0.25) is 0 Å². The van der Waals surface area contributed by atoms with E-state index < -0.39 is 0 Å². The summed E-state index contributed by atoms with van der Waals surface area (Å²) in [5, 5.41) is 4.25. The Morgan fingerprint density at radius 2 is 2.00 bits per heavy atom. The van der Waals surface area contributed by atoms with Crippen molar-refractivity contribution < 1.29 is 0 Å². The van der Waals surface area contributed by atoms with Gasteiger partial charge in [0.1, 0.15) is 6.33 Å². The molecule has 6 heteroatoms. The molecule has 0 unspecified atom stereocenters. The molecule has 0 amide bonds. The fraction of sp³-hybridized carbons (Fsp3) is 0.385. The van der Waals surface area contributed by atoms with Gasteiger partial charge in [-0.15, -0.1) is 11.8 Å². The Morgan fingerprint density at radius 1 is 1.32 bits per heavy atom. The van der Waals surface area contributed by atoms with Gasteiger partial charge in [-0.25, -0.2) is 4.68 Å². The number of nitrogens with zero attached hydrogens (tertiary/aromatic N) is 4. The number of aryl methyl sites for hydroxylation is 1. The van der Waals surface area contributed by atoms with Gasteiger partial charge in [-0.2, -0.15) is 5.10 Å². The summed E-state index contributed by atoms with van der Waals surface area (Å²) in [7, 11) is 3.98. The summed E-state index contributed by atoms with van der Waals surface area (Å²) in [6.45, 7) is 1.58. The number of rotatable bonds is 5. The van der Waals surface area contributed by atoms with Crippen LogP contribution < -0.4 is 0 Å². The molecule has 0 atom stereocenters. The van der Waals surface area contributed by atoms with Crippen LogP contribution in [0.25, 0.3) is 0 Å². The lowest BCUT2D eigenvalue weighted by Crippen LogP contribution is -2.22. The summed E-state index contributed by atoms with van der Waals surface area (Å²) in [4.78, 5) is 3.48. The van der Waals surface area contributed by atoms with E-state index in [1.54, 1.807) is 18.1 Å². The van der Waals surface area contributed by atoms with Crippen LogP contribution in [0, 0.1) is 4.77 Å². The Hall–Kier alpha value is -1.11. The number of aromatic nitrogens is 3. The summed E-state index contributed by atoms with van der Waals surface area (Å²) < 4.78 is 4.41. The number of thioether (sulfide) groups is 1. The molecule has 102 valence electrons. The second-order valence-corrected chi connectivity index (χ2v) is 5.77. The molecule has 4 nitrogen and oxygen atoms in total. The van der Waals surface area contributed by atoms with Crippen molar-refractivity contribution in [2.45, 2.75) is 18.1 Å². The molecule has 0 aliphatic rings. The minimum absolute atomic E-state index is 0.698. The third-order valence-electron chi connectivity index (χ3n) is 2.87. The Balaban J connectivity index is 1.98. The smallest absolute Gasteiger partial charge is 0.198 e. The zero-order valence-corrected chi connectivity index (χ0v) is 13.0. The van der Waals surface area contributed by atoms with Crippen molar-refractivity contribution in [2.75, 3.05) is 13.3 Å². The minimum atomic E-state index is 0.698. The molecule has 0 fully saturated rings. The third kappa shape index (κ3) is 3.68. The van der Waals surface area contributed by atoms with Gasteiger partial charge in [0, 0.05) is 18.5 Å². The maximum absolute atomic E-state index is 5.28. The van der Waals surface area contributed by atoms with E-state index in [0.29, 0.717) is 6.67 Å². The van der Waals surface area contributed by atoms with E-state index in [2.05, 4.69) is 47.6 Å². The predicted molar refractivity (Wildman–Crippen MR) is 81.7 cm³/mol. The lowest BCUT2D eigenvalue weighted by atomic mass is 10.2. The maximum Gasteiger partial charge on any atom is 0.198 e. The van der Waals surface area contributed by atoms with E-state index >= 15 is 0 Å². The van der Waals surface area contributed by atoms with E-state index in [0.717, 1.165) is 11.3 Å². The number of hydrogen-bond donors (Lipinski definition) is 0. The highest BCUT2D eigenvalue weighted by atomic mass is 32.2. The zero-order chi connectivity index (χ0) is 13.8. The van der Waals surface area contributed by atoms with Gasteiger partial charge >= 0.3 is 0 Å². The van der Waals surface area contributed by atoms with Crippen molar-refractivity contribution in [3.8, 4) is 0 Å². The van der Waals surface area contributed by atoms with Crippen molar-refractivity contribution in [1.29, 1.82) is 0 Å². The van der Waals surface area contributed by atoms with Crippen LogP contribution in [0.5, 0.6) is 0 Å². The van der Waals surface area contributed by atoms with E-state index in [1.807, 2.05) is 16.3 Å². The molecule has 0 saturated carbocycles. The van der Waals surface area contributed by atoms with E-state index in [9.17, 15) is 0 Å². The van der Waals surface area contributed by atoms with Gasteiger partial charge in [0.25, 0.3) is 0 Å². The second-order valence-electron chi connectivity index (χ2n) is 4.53. The Kier molecular flexibility index (Phi) is 4.79. The average Bonchev–Trinajstić information content (AvgIpc) is 2.71. The van der Waals surface area contributed by atoms with Crippen LogP contribution in [-0.2, 0) is 20.3 Å². The molecule has 0 aliphatic heterocycles. The predicted octanol–water partition coefficient (Wildman–Crippen LogP) is 2.76. The molecule has 1 aromatic carbocycles. The quantitative estimate of drug-likeness (QED) is 0.625. The van der Waals surface area contributed by atoms with E-state index in [-0.39, 0.29) is 0 Å². The molecule has 2 rings (SSSR count). The summed E-state index contributed by atoms with van der Waals surface area (Å²) in [5.74, 6) is 0. The lowest BCUT2D eigenvalue weighted by Gasteiger charge is -2.16. The fourth-order valence-corrected chi connectivity index (χ4v) is 2.40. The van der Waals surface area contributed by atoms with Crippen molar-refractivity contribution >= 4 is 24.0 Å². The van der Waals surface area contributed by atoms with Gasteiger partial charge in [-0.3, -0.25) is 4.90 Å². The molecular formula is C13H18N4S2. The third-order valence-corrected chi connectivity index (χ3v) is 4.12. The van der Waals surface area contributed by atoms with E-state index in [4.69, 9.17) is 12.2 Å². The molecule has 0 bridgehead atoms. The van der Waals surface area contributed by atoms with Crippen LogP contribution in [-0.4, -0.2) is 32.6 Å². The molecule has 19 heavy (non-hydrogen) atoms. The van der Waals surface area contributed by atoms with Crippen molar-refractivity contribution in [3.63, 3.8) is 0 Å². The Labute approximate surface area is 123 Å². The summed E-state index contributed by atoms with van der Waals surface area (Å²) >= 11 is 7.04. The van der Waals surface area contributed by atoms with Gasteiger partial charge in [0.15, 0.2) is 4.77 Å². The Bertz CT molecular complexity index is 585. The van der Waals surface area contributed by atoms with Crippen LogP contribution in [0.4, 0.5) is 0 Å². The maximum atomic E-state index is 5.28. The van der Waals surface area contributed by atoms with E-state index in [1.165, 1.54) is 10.5 Å².